The predicted octanol–water partition coefficient (Wildman–Crippen LogP) is 3.30. The molecule has 11 nitrogen and oxygen atoms in total. The largest absolute Gasteiger partial charge is 0.454 e. The summed E-state index contributed by atoms with van der Waals surface area (Å²) in [6.07, 6.45) is 6.21. The van der Waals surface area contributed by atoms with Gasteiger partial charge in [0.1, 0.15) is 41.5 Å². The first-order valence-electron chi connectivity index (χ1n) is 12.0. The number of likely N-dealkylation sites (N-methyl/N-ethyl adjacent to an activating group) is 1. The summed E-state index contributed by atoms with van der Waals surface area (Å²) in [4.78, 5) is 39.2. The van der Waals surface area contributed by atoms with Gasteiger partial charge in [-0.1, -0.05) is 6.07 Å². The van der Waals surface area contributed by atoms with Crippen LogP contribution in [0.15, 0.2) is 42.6 Å². The first-order valence-corrected chi connectivity index (χ1v) is 13.1. The van der Waals surface area contributed by atoms with E-state index < -0.39 is 6.29 Å². The van der Waals surface area contributed by atoms with E-state index in [0.717, 1.165) is 34.2 Å². The molecule has 3 aliphatic rings. The number of carbonyl (C=O) groups excluding carboxylic acids is 2. The van der Waals surface area contributed by atoms with Gasteiger partial charge in [0.05, 0.1) is 9.26 Å². The van der Waals surface area contributed by atoms with E-state index in [2.05, 4.69) is 49.0 Å². The van der Waals surface area contributed by atoms with Gasteiger partial charge in [-0.2, -0.15) is 0 Å². The summed E-state index contributed by atoms with van der Waals surface area (Å²) in [7, 11) is 3.61. The van der Waals surface area contributed by atoms with Crippen LogP contribution >= 0.6 is 22.6 Å². The number of pyridine rings is 2. The maximum Gasteiger partial charge on any atom is 0.328 e. The predicted molar refractivity (Wildman–Crippen MR) is 146 cm³/mol. The molecular formula is C25H28IN7O4. The van der Waals surface area contributed by atoms with Crippen LogP contribution in [0.25, 0.3) is 0 Å². The normalized spacial score (nSPS) is 17.7. The van der Waals surface area contributed by atoms with Crippen LogP contribution in [0, 0.1) is 3.57 Å². The molecule has 0 bridgehead atoms. The first kappa shape index (κ1) is 25.3. The molecule has 0 aromatic carbocycles. The highest BCUT2D eigenvalue weighted by Gasteiger charge is 2.27. The van der Waals surface area contributed by atoms with Gasteiger partial charge in [0.2, 0.25) is 0 Å². The van der Waals surface area contributed by atoms with Crippen molar-refractivity contribution in [3.63, 3.8) is 0 Å². The molecule has 1 aliphatic carbocycles. The van der Waals surface area contributed by atoms with Gasteiger partial charge in [0.25, 0.3) is 6.29 Å². The van der Waals surface area contributed by atoms with Crippen LogP contribution in [0.2, 0.25) is 0 Å². The van der Waals surface area contributed by atoms with Gasteiger partial charge >= 0.3 is 6.03 Å². The minimum absolute atomic E-state index is 0.381. The molecule has 194 valence electrons. The Morgan fingerprint density at radius 3 is 2.78 bits per heavy atom. The molecule has 0 unspecified atom stereocenters. The van der Waals surface area contributed by atoms with Crippen LogP contribution in [-0.4, -0.2) is 71.5 Å². The number of aromatic nitrogens is 2. The van der Waals surface area contributed by atoms with Crippen molar-refractivity contribution < 1.29 is 19.1 Å². The average molecular weight is 617 g/mol. The van der Waals surface area contributed by atoms with Crippen molar-refractivity contribution in [3.8, 4) is 0 Å². The molecule has 12 heteroatoms. The second-order valence-corrected chi connectivity index (χ2v) is 10.4. The molecule has 2 N–H and O–H groups in total. The standard InChI is InChI=1S/C25H28IN7O4/c1-31-7-8-33(18(14-31)15-34)13-16-3-6-22(30-23(16)24-36-9-10-37-24)32(2)25(35)29-21-11-20(19(26)12-27-21)28-17-4-5-17/h3,6,9-12,17,24H,4-5,7-8,13-14H2,1-2H3,(H2,27,28,29,35). The number of nitrogens with zero attached hydrogens (tertiary/aromatic N) is 5. The van der Waals surface area contributed by atoms with Gasteiger partial charge in [-0.05, 0) is 48.5 Å². The molecule has 2 aromatic heterocycles. The molecule has 4 heterocycles. The second-order valence-electron chi connectivity index (χ2n) is 9.26. The van der Waals surface area contributed by atoms with Crippen LogP contribution in [0.4, 0.5) is 22.1 Å². The van der Waals surface area contributed by atoms with Crippen molar-refractivity contribution in [2.75, 3.05) is 49.3 Å². The van der Waals surface area contributed by atoms with Gasteiger partial charge in [-0.25, -0.2) is 19.6 Å². The van der Waals surface area contributed by atoms with Gasteiger partial charge in [0.15, 0.2) is 0 Å². The summed E-state index contributed by atoms with van der Waals surface area (Å²) in [5.74, 6) is 2.94. The monoisotopic (exact) mass is 617 g/mol. The number of amides is 2. The lowest BCUT2D eigenvalue weighted by Crippen LogP contribution is -2.42. The van der Waals surface area contributed by atoms with E-state index in [1.165, 1.54) is 17.4 Å². The fourth-order valence-electron chi connectivity index (χ4n) is 4.09. The number of ether oxygens (including phenoxy) is 2. The summed E-state index contributed by atoms with van der Waals surface area (Å²) in [5.41, 5.74) is 2.91. The molecule has 2 fully saturated rings. The van der Waals surface area contributed by atoms with Crippen molar-refractivity contribution in [3.05, 3.63) is 57.4 Å². The lowest BCUT2D eigenvalue weighted by atomic mass is 10.1. The molecule has 2 aromatic rings. The highest BCUT2D eigenvalue weighted by Crippen LogP contribution is 2.31. The molecule has 37 heavy (non-hydrogen) atoms. The van der Waals surface area contributed by atoms with Crippen molar-refractivity contribution in [1.29, 1.82) is 0 Å². The number of urea groups is 1. The van der Waals surface area contributed by atoms with Crippen molar-refractivity contribution >= 4 is 51.9 Å². The second kappa shape index (κ2) is 11.0. The molecule has 0 atom stereocenters. The third-order valence-electron chi connectivity index (χ3n) is 6.39. The molecule has 1 saturated heterocycles. The van der Waals surface area contributed by atoms with Crippen LogP contribution in [0.3, 0.4) is 0 Å². The Bertz CT molecular complexity index is 1250. The third kappa shape index (κ3) is 5.97. The Labute approximate surface area is 228 Å². The number of piperazine rings is 1. The molecule has 5 rings (SSSR count). The zero-order chi connectivity index (χ0) is 25.9. The highest BCUT2D eigenvalue weighted by atomic mass is 127. The lowest BCUT2D eigenvalue weighted by Gasteiger charge is -2.34. The van der Waals surface area contributed by atoms with Crippen LogP contribution in [-0.2, 0) is 20.8 Å². The Morgan fingerprint density at radius 2 is 2.05 bits per heavy atom. The third-order valence-corrected chi connectivity index (χ3v) is 7.25. The Morgan fingerprint density at radius 1 is 1.27 bits per heavy atom. The summed E-state index contributed by atoms with van der Waals surface area (Å²) >= 11 is 2.23. The molecule has 2 amide bonds. The lowest BCUT2D eigenvalue weighted by molar-refractivity contribution is -0.0289. The summed E-state index contributed by atoms with van der Waals surface area (Å²) in [5, 5.41) is 6.30. The van der Waals surface area contributed by atoms with E-state index in [1.54, 1.807) is 19.3 Å². The number of anilines is 3. The SMILES string of the molecule is CN1CCN(Cc2ccc(N(C)C(=O)Nc3cc(NC4CC4)c(I)cn3)nc2C2OC=CO2)C(=C=O)C1. The number of hydrogen-bond acceptors (Lipinski definition) is 9. The van der Waals surface area contributed by atoms with Crippen molar-refractivity contribution in [2.24, 2.45) is 0 Å². The van der Waals surface area contributed by atoms with Gasteiger partial charge in [-0.3, -0.25) is 15.1 Å². The maximum absolute atomic E-state index is 13.1. The topological polar surface area (TPSA) is 112 Å². The van der Waals surface area contributed by atoms with Crippen LogP contribution in [0.5, 0.6) is 0 Å². The summed E-state index contributed by atoms with van der Waals surface area (Å²) in [6, 6.07) is 5.60. The molecule has 1 saturated carbocycles. The van der Waals surface area contributed by atoms with Gasteiger partial charge < -0.3 is 19.7 Å². The molecule has 2 aliphatic heterocycles. The zero-order valence-electron chi connectivity index (χ0n) is 20.6. The van der Waals surface area contributed by atoms with E-state index >= 15 is 0 Å². The molecule has 0 radical (unpaired) electrons. The number of hydrogen-bond donors (Lipinski definition) is 2. The molecule has 0 spiro atoms. The minimum atomic E-state index is -0.739. The van der Waals surface area contributed by atoms with Crippen molar-refractivity contribution in [2.45, 2.75) is 31.7 Å². The zero-order valence-corrected chi connectivity index (χ0v) is 22.8. The Kier molecular flexibility index (Phi) is 7.49. The van der Waals surface area contributed by atoms with Gasteiger partial charge in [-0.15, -0.1) is 0 Å². The summed E-state index contributed by atoms with van der Waals surface area (Å²) < 4.78 is 12.2. The Balaban J connectivity index is 1.34. The van der Waals surface area contributed by atoms with E-state index in [-0.39, 0.29) is 6.03 Å². The average Bonchev–Trinajstić information content (AvgIpc) is 3.55. The fraction of sp³-hybridized carbons (Fsp3) is 0.400. The Hall–Kier alpha value is -3.35. The van der Waals surface area contributed by atoms with Crippen LogP contribution < -0.4 is 15.5 Å². The number of carbonyl (C=O) groups is 1. The first-order chi connectivity index (χ1) is 17.9. The maximum atomic E-state index is 13.1. The number of rotatable bonds is 7. The minimum Gasteiger partial charge on any atom is -0.454 e. The van der Waals surface area contributed by atoms with Crippen molar-refractivity contribution in [1.82, 2.24) is 19.8 Å². The number of nitrogens with one attached hydrogen (secondary N) is 2. The smallest absolute Gasteiger partial charge is 0.328 e. The fourth-order valence-corrected chi connectivity index (χ4v) is 4.54. The quantitative estimate of drug-likeness (QED) is 0.357. The summed E-state index contributed by atoms with van der Waals surface area (Å²) in [6.45, 7) is 2.51. The number of halogens is 1. The highest BCUT2D eigenvalue weighted by molar-refractivity contribution is 14.1. The van der Waals surface area contributed by atoms with E-state index in [1.807, 2.05) is 24.1 Å². The van der Waals surface area contributed by atoms with E-state index in [9.17, 15) is 9.59 Å². The molecular weight excluding hydrogens is 589 g/mol. The van der Waals surface area contributed by atoms with Gasteiger partial charge in [0, 0.05) is 57.1 Å². The van der Waals surface area contributed by atoms with E-state index in [4.69, 9.17) is 14.5 Å². The van der Waals surface area contributed by atoms with E-state index in [0.29, 0.717) is 48.7 Å². The van der Waals surface area contributed by atoms with Crippen LogP contribution in [0.1, 0.15) is 30.4 Å².